The highest BCUT2D eigenvalue weighted by Gasteiger charge is 1.95. The average Bonchev–Trinajstić information content (AvgIpc) is 2.25. The van der Waals surface area contributed by atoms with Gasteiger partial charge < -0.3 is 9.64 Å². The van der Waals surface area contributed by atoms with E-state index in [1.165, 1.54) is 0 Å². The van der Waals surface area contributed by atoms with Gasteiger partial charge in [0.25, 0.3) is 0 Å². The number of ether oxygens (including phenoxy) is 1. The van der Waals surface area contributed by atoms with E-state index in [4.69, 9.17) is 16.3 Å². The summed E-state index contributed by atoms with van der Waals surface area (Å²) in [6.45, 7) is 1.82. The third-order valence-corrected chi connectivity index (χ3v) is 2.40. The van der Waals surface area contributed by atoms with Crippen LogP contribution in [-0.2, 0) is 5.88 Å². The van der Waals surface area contributed by atoms with Crippen molar-refractivity contribution in [3.8, 4) is 5.75 Å². The number of benzene rings is 1. The van der Waals surface area contributed by atoms with Gasteiger partial charge in [0.2, 0.25) is 0 Å². The van der Waals surface area contributed by atoms with Gasteiger partial charge in [0.15, 0.2) is 0 Å². The van der Waals surface area contributed by atoms with Crippen molar-refractivity contribution >= 4 is 11.6 Å². The molecule has 15 heavy (non-hydrogen) atoms. The standard InChI is InChI=1S/C12H18ClNO/c1-14(2)8-3-9-15-12-6-4-11(10-13)5-7-12/h4-7H,3,8-10H2,1-2H3. The highest BCUT2D eigenvalue weighted by molar-refractivity contribution is 6.17. The summed E-state index contributed by atoms with van der Waals surface area (Å²) >= 11 is 5.69. The van der Waals surface area contributed by atoms with E-state index in [0.29, 0.717) is 5.88 Å². The second-order valence-electron chi connectivity index (χ2n) is 3.78. The third kappa shape index (κ3) is 5.05. The Morgan fingerprint density at radius 2 is 1.87 bits per heavy atom. The van der Waals surface area contributed by atoms with E-state index in [9.17, 15) is 0 Å². The highest BCUT2D eigenvalue weighted by atomic mass is 35.5. The summed E-state index contributed by atoms with van der Waals surface area (Å²) in [6.07, 6.45) is 1.05. The molecule has 0 saturated heterocycles. The molecule has 3 heteroatoms. The number of nitrogens with zero attached hydrogens (tertiary/aromatic N) is 1. The Hall–Kier alpha value is -0.730. The minimum absolute atomic E-state index is 0.556. The Bertz CT molecular complexity index is 271. The molecule has 0 aliphatic rings. The summed E-state index contributed by atoms with van der Waals surface area (Å²) in [5.74, 6) is 1.48. The Labute approximate surface area is 96.8 Å². The molecule has 0 bridgehead atoms. The first-order valence-electron chi connectivity index (χ1n) is 5.15. The fourth-order valence-electron chi connectivity index (χ4n) is 1.25. The van der Waals surface area contributed by atoms with Crippen molar-refractivity contribution in [2.45, 2.75) is 12.3 Å². The Kier molecular flexibility index (Phi) is 5.51. The lowest BCUT2D eigenvalue weighted by atomic mass is 10.2. The van der Waals surface area contributed by atoms with E-state index in [1.54, 1.807) is 0 Å². The van der Waals surface area contributed by atoms with E-state index in [2.05, 4.69) is 19.0 Å². The van der Waals surface area contributed by atoms with Gasteiger partial charge in [0.05, 0.1) is 6.61 Å². The number of alkyl halides is 1. The molecule has 0 amide bonds. The maximum absolute atomic E-state index is 5.69. The van der Waals surface area contributed by atoms with E-state index in [1.807, 2.05) is 24.3 Å². The van der Waals surface area contributed by atoms with E-state index in [0.717, 1.165) is 30.9 Å². The summed E-state index contributed by atoms with van der Waals surface area (Å²) in [4.78, 5) is 2.15. The van der Waals surface area contributed by atoms with E-state index in [-0.39, 0.29) is 0 Å². The molecule has 0 N–H and O–H groups in total. The van der Waals surface area contributed by atoms with Gasteiger partial charge in [0, 0.05) is 12.4 Å². The van der Waals surface area contributed by atoms with Crippen molar-refractivity contribution in [3.63, 3.8) is 0 Å². The summed E-state index contributed by atoms with van der Waals surface area (Å²) in [6, 6.07) is 7.92. The molecule has 0 heterocycles. The second kappa shape index (κ2) is 6.70. The SMILES string of the molecule is CN(C)CCCOc1ccc(CCl)cc1. The molecule has 0 unspecified atom stereocenters. The number of rotatable bonds is 6. The fourth-order valence-corrected chi connectivity index (χ4v) is 1.42. The minimum atomic E-state index is 0.556. The van der Waals surface area contributed by atoms with Crippen molar-refractivity contribution in [2.24, 2.45) is 0 Å². The molecule has 0 atom stereocenters. The molecule has 0 saturated carbocycles. The van der Waals surface area contributed by atoms with Crippen LogP contribution in [-0.4, -0.2) is 32.1 Å². The van der Waals surface area contributed by atoms with Crippen LogP contribution < -0.4 is 4.74 Å². The number of hydrogen-bond acceptors (Lipinski definition) is 2. The van der Waals surface area contributed by atoms with Crippen molar-refractivity contribution < 1.29 is 4.74 Å². The lowest BCUT2D eigenvalue weighted by Gasteiger charge is -2.10. The molecule has 84 valence electrons. The molecule has 0 aliphatic heterocycles. The molecule has 0 fully saturated rings. The molecule has 2 nitrogen and oxygen atoms in total. The Balaban J connectivity index is 2.25. The van der Waals surface area contributed by atoms with Crippen LogP contribution in [0.25, 0.3) is 0 Å². The summed E-state index contributed by atoms with van der Waals surface area (Å²) in [5, 5.41) is 0. The van der Waals surface area contributed by atoms with Gasteiger partial charge in [-0.25, -0.2) is 0 Å². The maximum atomic E-state index is 5.69. The first-order chi connectivity index (χ1) is 7.22. The summed E-state index contributed by atoms with van der Waals surface area (Å²) < 4.78 is 5.59. The van der Waals surface area contributed by atoms with Gasteiger partial charge in [-0.15, -0.1) is 11.6 Å². The van der Waals surface area contributed by atoms with Gasteiger partial charge in [-0.05, 0) is 38.2 Å². The molecule has 0 radical (unpaired) electrons. The quantitative estimate of drug-likeness (QED) is 0.548. The van der Waals surface area contributed by atoms with Crippen LogP contribution in [0.1, 0.15) is 12.0 Å². The first kappa shape index (κ1) is 12.3. The molecule has 1 aromatic rings. The second-order valence-corrected chi connectivity index (χ2v) is 4.05. The third-order valence-electron chi connectivity index (χ3n) is 2.10. The van der Waals surface area contributed by atoms with Crippen LogP contribution in [0, 0.1) is 0 Å². The molecule has 1 rings (SSSR count). The Morgan fingerprint density at radius 3 is 2.40 bits per heavy atom. The topological polar surface area (TPSA) is 12.5 Å². The monoisotopic (exact) mass is 227 g/mol. The predicted molar refractivity (Wildman–Crippen MR) is 64.7 cm³/mol. The van der Waals surface area contributed by atoms with Crippen LogP contribution in [0.2, 0.25) is 0 Å². The van der Waals surface area contributed by atoms with Crippen molar-refractivity contribution in [3.05, 3.63) is 29.8 Å². The van der Waals surface area contributed by atoms with Gasteiger partial charge in [0.1, 0.15) is 5.75 Å². The highest BCUT2D eigenvalue weighted by Crippen LogP contribution is 2.13. The van der Waals surface area contributed by atoms with Crippen LogP contribution in [0.5, 0.6) is 5.75 Å². The van der Waals surface area contributed by atoms with Gasteiger partial charge >= 0.3 is 0 Å². The normalized spacial score (nSPS) is 10.7. The lowest BCUT2D eigenvalue weighted by Crippen LogP contribution is -2.15. The molecule has 0 aliphatic carbocycles. The van der Waals surface area contributed by atoms with Crippen LogP contribution in [0.15, 0.2) is 24.3 Å². The molecular weight excluding hydrogens is 210 g/mol. The molecular formula is C12H18ClNO. The zero-order valence-electron chi connectivity index (χ0n) is 9.37. The van der Waals surface area contributed by atoms with Crippen molar-refractivity contribution in [1.29, 1.82) is 0 Å². The maximum Gasteiger partial charge on any atom is 0.119 e. The fraction of sp³-hybridized carbons (Fsp3) is 0.500. The molecule has 1 aromatic carbocycles. The van der Waals surface area contributed by atoms with Gasteiger partial charge in [-0.1, -0.05) is 12.1 Å². The molecule has 0 aromatic heterocycles. The first-order valence-corrected chi connectivity index (χ1v) is 5.68. The molecule has 0 spiro atoms. The zero-order chi connectivity index (χ0) is 11.1. The number of halogens is 1. The van der Waals surface area contributed by atoms with Crippen LogP contribution in [0.4, 0.5) is 0 Å². The van der Waals surface area contributed by atoms with Crippen molar-refractivity contribution in [2.75, 3.05) is 27.2 Å². The smallest absolute Gasteiger partial charge is 0.119 e. The average molecular weight is 228 g/mol. The largest absolute Gasteiger partial charge is 0.494 e. The van der Waals surface area contributed by atoms with E-state index >= 15 is 0 Å². The van der Waals surface area contributed by atoms with E-state index < -0.39 is 0 Å². The summed E-state index contributed by atoms with van der Waals surface area (Å²) in [5.41, 5.74) is 1.12. The zero-order valence-corrected chi connectivity index (χ0v) is 10.1. The lowest BCUT2D eigenvalue weighted by molar-refractivity contribution is 0.281. The Morgan fingerprint density at radius 1 is 1.20 bits per heavy atom. The number of hydrogen-bond donors (Lipinski definition) is 0. The van der Waals surface area contributed by atoms with Crippen LogP contribution >= 0.6 is 11.6 Å². The minimum Gasteiger partial charge on any atom is -0.494 e. The van der Waals surface area contributed by atoms with Gasteiger partial charge in [-0.2, -0.15) is 0 Å². The van der Waals surface area contributed by atoms with Crippen LogP contribution in [0.3, 0.4) is 0 Å². The van der Waals surface area contributed by atoms with Gasteiger partial charge in [-0.3, -0.25) is 0 Å². The summed E-state index contributed by atoms with van der Waals surface area (Å²) in [7, 11) is 4.13. The van der Waals surface area contributed by atoms with Crippen molar-refractivity contribution in [1.82, 2.24) is 4.90 Å². The predicted octanol–water partition coefficient (Wildman–Crippen LogP) is 2.76.